The number of H-pyrrole nitrogens is 1. The van der Waals surface area contributed by atoms with E-state index in [-0.39, 0.29) is 11.6 Å². The van der Waals surface area contributed by atoms with Crippen LogP contribution in [0.3, 0.4) is 0 Å². The van der Waals surface area contributed by atoms with Crippen LogP contribution in [0.2, 0.25) is 0 Å². The Kier molecular flexibility index (Phi) is 4.54. The van der Waals surface area contributed by atoms with E-state index in [1.165, 1.54) is 0 Å². The average Bonchev–Trinajstić information content (AvgIpc) is 2.71. The summed E-state index contributed by atoms with van der Waals surface area (Å²) in [4.78, 5) is 26.2. The summed E-state index contributed by atoms with van der Waals surface area (Å²) in [5, 5.41) is 3.81. The zero-order valence-corrected chi connectivity index (χ0v) is 15.0. The number of rotatable bonds is 5. The Morgan fingerprint density at radius 2 is 1.81 bits per heavy atom. The van der Waals surface area contributed by atoms with E-state index in [4.69, 9.17) is 9.47 Å². The number of benzene rings is 2. The van der Waals surface area contributed by atoms with E-state index in [1.54, 1.807) is 0 Å². The van der Waals surface area contributed by atoms with Crippen molar-refractivity contribution in [3.8, 4) is 11.5 Å². The van der Waals surface area contributed by atoms with E-state index < -0.39 is 0 Å². The van der Waals surface area contributed by atoms with E-state index in [0.717, 1.165) is 27.6 Å². The van der Waals surface area contributed by atoms with Crippen molar-refractivity contribution < 1.29 is 14.3 Å². The molecule has 6 heteroatoms. The molecule has 138 valence electrons. The van der Waals surface area contributed by atoms with Crippen LogP contribution in [0.4, 0.5) is 0 Å². The Hall–Kier alpha value is -3.28. The summed E-state index contributed by atoms with van der Waals surface area (Å²) in [6.45, 7) is 2.99. The number of aromatic amines is 1. The summed E-state index contributed by atoms with van der Waals surface area (Å²) in [7, 11) is 0. The number of ether oxygens (including phenoxy) is 2. The highest BCUT2D eigenvalue weighted by Gasteiger charge is 2.18. The molecular weight excluding hydrogens is 344 g/mol. The number of amides is 1. The molecule has 2 heterocycles. The number of carbonyl (C=O) groups excluding carboxylic acids is 1. The van der Waals surface area contributed by atoms with Crippen LogP contribution in [-0.2, 0) is 11.2 Å². The van der Waals surface area contributed by atoms with Gasteiger partial charge in [0.2, 0.25) is 6.41 Å². The molecule has 1 amide bonds. The zero-order valence-electron chi connectivity index (χ0n) is 15.0. The standard InChI is InChI=1S/C21H20N2O4/c1-2-13-9-16-10-14(3-5-17(16)23-21(13)25)20(22-12-24)15-4-6-18-19(11-15)27-8-7-26-18/h3-6,9-12,20H,2,7-8H2,1H3,(H,22,24)(H,23,25). The number of fused-ring (bicyclic) bond motifs is 2. The highest BCUT2D eigenvalue weighted by atomic mass is 16.6. The lowest BCUT2D eigenvalue weighted by atomic mass is 9.96. The van der Waals surface area contributed by atoms with Gasteiger partial charge in [-0.25, -0.2) is 0 Å². The van der Waals surface area contributed by atoms with Gasteiger partial charge in [0.25, 0.3) is 5.56 Å². The normalized spacial score (nSPS) is 14.0. The lowest BCUT2D eigenvalue weighted by Gasteiger charge is -2.22. The minimum absolute atomic E-state index is 0.0628. The first-order chi connectivity index (χ1) is 13.2. The lowest BCUT2D eigenvalue weighted by molar-refractivity contribution is -0.110. The number of hydrogen-bond acceptors (Lipinski definition) is 4. The van der Waals surface area contributed by atoms with Gasteiger partial charge in [0, 0.05) is 11.1 Å². The third kappa shape index (κ3) is 3.26. The van der Waals surface area contributed by atoms with Crippen molar-refractivity contribution in [3.63, 3.8) is 0 Å². The first-order valence-corrected chi connectivity index (χ1v) is 8.94. The fourth-order valence-electron chi connectivity index (χ4n) is 3.40. The minimum atomic E-state index is -0.334. The molecule has 1 aliphatic heterocycles. The van der Waals surface area contributed by atoms with Crippen molar-refractivity contribution in [1.82, 2.24) is 10.3 Å². The third-order valence-electron chi connectivity index (χ3n) is 4.79. The van der Waals surface area contributed by atoms with Crippen LogP contribution in [0, 0.1) is 0 Å². The summed E-state index contributed by atoms with van der Waals surface area (Å²) in [6.07, 6.45) is 1.35. The summed E-state index contributed by atoms with van der Waals surface area (Å²) in [5.74, 6) is 1.38. The van der Waals surface area contributed by atoms with E-state index >= 15 is 0 Å². The molecule has 0 saturated carbocycles. The number of aromatic nitrogens is 1. The molecule has 0 radical (unpaired) electrons. The van der Waals surface area contributed by atoms with E-state index in [0.29, 0.717) is 37.5 Å². The van der Waals surface area contributed by atoms with Crippen molar-refractivity contribution in [2.24, 2.45) is 0 Å². The zero-order chi connectivity index (χ0) is 18.8. The summed E-state index contributed by atoms with van der Waals surface area (Å²) >= 11 is 0. The van der Waals surface area contributed by atoms with Crippen LogP contribution in [0.15, 0.2) is 47.3 Å². The van der Waals surface area contributed by atoms with Gasteiger partial charge >= 0.3 is 0 Å². The van der Waals surface area contributed by atoms with Crippen LogP contribution < -0.4 is 20.3 Å². The van der Waals surface area contributed by atoms with Crippen molar-refractivity contribution >= 4 is 17.3 Å². The summed E-state index contributed by atoms with van der Waals surface area (Å²) < 4.78 is 11.2. The first-order valence-electron chi connectivity index (χ1n) is 8.94. The average molecular weight is 364 g/mol. The van der Waals surface area contributed by atoms with Gasteiger partial charge in [-0.05, 0) is 53.3 Å². The van der Waals surface area contributed by atoms with E-state index in [2.05, 4.69) is 10.3 Å². The number of pyridine rings is 1. The summed E-state index contributed by atoms with van der Waals surface area (Å²) in [6, 6.07) is 13.0. The van der Waals surface area contributed by atoms with Gasteiger partial charge in [0.15, 0.2) is 11.5 Å². The molecule has 27 heavy (non-hydrogen) atoms. The Balaban J connectivity index is 1.78. The van der Waals surface area contributed by atoms with Gasteiger partial charge in [-0.1, -0.05) is 19.1 Å². The maximum absolute atomic E-state index is 12.0. The van der Waals surface area contributed by atoms with Gasteiger partial charge in [-0.15, -0.1) is 0 Å². The van der Waals surface area contributed by atoms with Crippen LogP contribution in [0.5, 0.6) is 11.5 Å². The smallest absolute Gasteiger partial charge is 0.251 e. The SMILES string of the molecule is CCc1cc2cc(C(NC=O)c3ccc4c(c3)OCCO4)ccc2[nH]c1=O. The fourth-order valence-corrected chi connectivity index (χ4v) is 3.40. The maximum Gasteiger partial charge on any atom is 0.251 e. The summed E-state index contributed by atoms with van der Waals surface area (Å²) in [5.41, 5.74) is 3.25. The second-order valence-corrected chi connectivity index (χ2v) is 6.44. The first kappa shape index (κ1) is 17.1. The lowest BCUT2D eigenvalue weighted by Crippen LogP contribution is -2.22. The number of aryl methyl sites for hydroxylation is 1. The maximum atomic E-state index is 12.0. The van der Waals surface area contributed by atoms with Crippen molar-refractivity contribution in [2.45, 2.75) is 19.4 Å². The van der Waals surface area contributed by atoms with Gasteiger partial charge < -0.3 is 19.8 Å². The van der Waals surface area contributed by atoms with Crippen molar-refractivity contribution in [3.05, 3.63) is 69.5 Å². The topological polar surface area (TPSA) is 80.4 Å². The predicted octanol–water partition coefficient (Wildman–Crippen LogP) is 2.70. The number of nitrogens with one attached hydrogen (secondary N) is 2. The van der Waals surface area contributed by atoms with Crippen molar-refractivity contribution in [1.29, 1.82) is 0 Å². The molecule has 1 atom stereocenters. The molecule has 1 aromatic heterocycles. The van der Waals surface area contributed by atoms with Crippen LogP contribution in [0.25, 0.3) is 10.9 Å². The largest absolute Gasteiger partial charge is 0.486 e. The fraction of sp³-hybridized carbons (Fsp3) is 0.238. The molecule has 1 aliphatic rings. The van der Waals surface area contributed by atoms with Gasteiger partial charge in [-0.3, -0.25) is 9.59 Å². The monoisotopic (exact) mass is 364 g/mol. The third-order valence-corrected chi connectivity index (χ3v) is 4.79. The molecule has 2 aromatic carbocycles. The number of hydrogen-bond donors (Lipinski definition) is 2. The van der Waals surface area contributed by atoms with Gasteiger partial charge in [-0.2, -0.15) is 0 Å². The Morgan fingerprint density at radius 1 is 1.07 bits per heavy atom. The van der Waals surface area contributed by atoms with Crippen LogP contribution in [-0.4, -0.2) is 24.6 Å². The number of carbonyl (C=O) groups is 1. The molecule has 0 bridgehead atoms. The molecule has 1 unspecified atom stereocenters. The molecule has 0 fully saturated rings. The Morgan fingerprint density at radius 3 is 2.59 bits per heavy atom. The second-order valence-electron chi connectivity index (χ2n) is 6.44. The molecule has 4 rings (SSSR count). The quantitative estimate of drug-likeness (QED) is 0.682. The Bertz CT molecular complexity index is 1060. The predicted molar refractivity (Wildman–Crippen MR) is 102 cm³/mol. The molecule has 0 spiro atoms. The van der Waals surface area contributed by atoms with E-state index in [9.17, 15) is 9.59 Å². The Labute approximate surface area is 156 Å². The highest BCUT2D eigenvalue weighted by molar-refractivity contribution is 5.80. The molecule has 0 aliphatic carbocycles. The second kappa shape index (κ2) is 7.15. The molecular formula is C21H20N2O4. The van der Waals surface area contributed by atoms with Gasteiger partial charge in [0.1, 0.15) is 13.2 Å². The molecule has 2 N–H and O–H groups in total. The van der Waals surface area contributed by atoms with Crippen molar-refractivity contribution in [2.75, 3.05) is 13.2 Å². The van der Waals surface area contributed by atoms with Gasteiger partial charge in [0.05, 0.1) is 6.04 Å². The van der Waals surface area contributed by atoms with Crippen LogP contribution >= 0.6 is 0 Å². The van der Waals surface area contributed by atoms with Crippen LogP contribution in [0.1, 0.15) is 29.7 Å². The molecule has 6 nitrogen and oxygen atoms in total. The molecule has 3 aromatic rings. The van der Waals surface area contributed by atoms with E-state index in [1.807, 2.05) is 49.4 Å². The molecule has 0 saturated heterocycles. The highest BCUT2D eigenvalue weighted by Crippen LogP contribution is 2.34. The minimum Gasteiger partial charge on any atom is -0.486 e.